The van der Waals surface area contributed by atoms with Crippen LogP contribution in [0.25, 0.3) is 0 Å². The van der Waals surface area contributed by atoms with Crippen molar-refractivity contribution in [2.24, 2.45) is 41.4 Å². The zero-order chi connectivity index (χ0) is 24.7. The van der Waals surface area contributed by atoms with Crippen LogP contribution in [-0.4, -0.2) is 30.2 Å². The Morgan fingerprint density at radius 1 is 0.889 bits per heavy atom. The number of benzene rings is 2. The smallest absolute Gasteiger partial charge is 0.316 e. The number of anilines is 2. The van der Waals surface area contributed by atoms with Gasteiger partial charge in [-0.2, -0.15) is 0 Å². The van der Waals surface area contributed by atoms with E-state index in [-0.39, 0.29) is 54.4 Å². The first-order chi connectivity index (χ1) is 17.4. The highest BCUT2D eigenvalue weighted by Crippen LogP contribution is 2.65. The Morgan fingerprint density at radius 2 is 1.53 bits per heavy atom. The number of carbonyl (C=O) groups excluding carboxylic acids is 4. The molecule has 0 spiro atoms. The van der Waals surface area contributed by atoms with Gasteiger partial charge < -0.3 is 9.64 Å². The van der Waals surface area contributed by atoms with Gasteiger partial charge in [0.25, 0.3) is 0 Å². The number of amides is 3. The predicted molar refractivity (Wildman–Crippen MR) is 131 cm³/mol. The molecule has 3 amide bonds. The molecule has 7 atom stereocenters. The lowest BCUT2D eigenvalue weighted by atomic mass is 9.63. The van der Waals surface area contributed by atoms with Crippen LogP contribution in [-0.2, 0) is 19.2 Å². The van der Waals surface area contributed by atoms with E-state index in [1.54, 1.807) is 29.2 Å². The van der Waals surface area contributed by atoms with Gasteiger partial charge in [-0.25, -0.2) is 0 Å². The molecule has 36 heavy (non-hydrogen) atoms. The summed E-state index contributed by atoms with van der Waals surface area (Å²) in [6, 6.07) is 14.1. The molecule has 2 bridgehead atoms. The minimum absolute atomic E-state index is 0.100. The Hall–Kier alpha value is -3.74. The van der Waals surface area contributed by atoms with Crippen LogP contribution in [0.2, 0.25) is 0 Å². The average Bonchev–Trinajstić information content (AvgIpc) is 3.56. The maximum atomic E-state index is 13.3. The second-order valence-electron chi connectivity index (χ2n) is 10.8. The van der Waals surface area contributed by atoms with E-state index in [0.29, 0.717) is 23.3 Å². The molecular weight excluding hydrogens is 456 g/mol. The summed E-state index contributed by atoms with van der Waals surface area (Å²) >= 11 is 0. The van der Waals surface area contributed by atoms with Crippen molar-refractivity contribution in [1.82, 2.24) is 0 Å². The van der Waals surface area contributed by atoms with Crippen LogP contribution in [0.4, 0.5) is 11.4 Å². The minimum Gasteiger partial charge on any atom is -0.426 e. The van der Waals surface area contributed by atoms with Crippen LogP contribution in [0.3, 0.4) is 0 Å². The highest BCUT2D eigenvalue weighted by atomic mass is 16.5. The van der Waals surface area contributed by atoms with E-state index in [9.17, 15) is 19.2 Å². The van der Waals surface area contributed by atoms with Gasteiger partial charge in [-0.15, -0.1) is 0 Å². The normalized spacial score (nSPS) is 33.7. The third-order valence-electron chi connectivity index (χ3n) is 8.84. The lowest BCUT2D eigenvalue weighted by Crippen LogP contribution is -2.40. The van der Waals surface area contributed by atoms with E-state index in [0.717, 1.165) is 17.7 Å². The van der Waals surface area contributed by atoms with Gasteiger partial charge >= 0.3 is 5.97 Å². The summed E-state index contributed by atoms with van der Waals surface area (Å²) in [7, 11) is 0. The molecule has 2 aliphatic heterocycles. The number of carbonyl (C=O) groups is 4. The molecule has 2 aromatic carbocycles. The topological polar surface area (TPSA) is 84.0 Å². The van der Waals surface area contributed by atoms with Crippen molar-refractivity contribution in [2.75, 3.05) is 16.3 Å². The molecule has 6 aliphatic rings. The van der Waals surface area contributed by atoms with Crippen LogP contribution < -0.4 is 14.5 Å². The van der Waals surface area contributed by atoms with E-state index in [1.165, 1.54) is 4.90 Å². The summed E-state index contributed by atoms with van der Waals surface area (Å²) in [5, 5.41) is 0. The summed E-state index contributed by atoms with van der Waals surface area (Å²) in [5.41, 5.74) is 2.29. The number of hydrogen-bond donors (Lipinski definition) is 0. The molecule has 4 fully saturated rings. The van der Waals surface area contributed by atoms with Gasteiger partial charge in [0.05, 0.1) is 23.4 Å². The van der Waals surface area contributed by atoms with Gasteiger partial charge in [0, 0.05) is 18.7 Å². The summed E-state index contributed by atoms with van der Waals surface area (Å²) in [5.74, 6) is -0.0345. The number of rotatable bonds is 4. The molecule has 2 heterocycles. The van der Waals surface area contributed by atoms with Crippen LogP contribution in [0.15, 0.2) is 60.7 Å². The highest BCUT2D eigenvalue weighted by molar-refractivity contribution is 6.22. The first-order valence-corrected chi connectivity index (χ1v) is 12.7. The van der Waals surface area contributed by atoms with Gasteiger partial charge in [-0.1, -0.05) is 30.4 Å². The Kier molecular flexibility index (Phi) is 4.56. The molecule has 4 aliphatic carbocycles. The highest BCUT2D eigenvalue weighted by Gasteiger charge is 2.67. The standard InChI is InChI=1S/C29H26N2O5/c1-15-4-2-3-5-23(15)30-14-16(12-24(30)32)29(35)36-18-8-6-17(7-9-18)31-27(33)25-19-10-11-20(22-13-21(19)22)26(25)28(31)34/h2-11,16,19-22,25-26H,12-14H2,1H3/t16-,19+,20+,21+,22+,25-,26-/m1/s1. The van der Waals surface area contributed by atoms with Crippen LogP contribution in [0.5, 0.6) is 5.75 Å². The number of hydrogen-bond acceptors (Lipinski definition) is 5. The molecule has 0 unspecified atom stereocenters. The average molecular weight is 483 g/mol. The zero-order valence-electron chi connectivity index (χ0n) is 19.9. The molecule has 2 saturated carbocycles. The number of esters is 1. The molecule has 0 aromatic heterocycles. The maximum absolute atomic E-state index is 13.3. The van der Waals surface area contributed by atoms with Crippen molar-refractivity contribution in [2.45, 2.75) is 19.8 Å². The van der Waals surface area contributed by atoms with Crippen molar-refractivity contribution in [3.8, 4) is 5.75 Å². The van der Waals surface area contributed by atoms with Crippen LogP contribution >= 0.6 is 0 Å². The van der Waals surface area contributed by atoms with E-state index >= 15 is 0 Å². The van der Waals surface area contributed by atoms with Gasteiger partial charge in [0.2, 0.25) is 17.7 Å². The van der Waals surface area contributed by atoms with Crippen LogP contribution in [0, 0.1) is 48.3 Å². The quantitative estimate of drug-likeness (QED) is 0.288. The predicted octanol–water partition coefficient (Wildman–Crippen LogP) is 3.51. The largest absolute Gasteiger partial charge is 0.426 e. The second kappa shape index (κ2) is 7.63. The molecule has 7 heteroatoms. The number of para-hydroxylation sites is 1. The molecule has 0 N–H and O–H groups in total. The Balaban J connectivity index is 1.04. The Labute approximate surface area is 208 Å². The summed E-state index contributed by atoms with van der Waals surface area (Å²) in [6.07, 6.45) is 5.55. The number of allylic oxidation sites excluding steroid dienone is 2. The summed E-state index contributed by atoms with van der Waals surface area (Å²) in [6.45, 7) is 2.21. The van der Waals surface area contributed by atoms with E-state index in [4.69, 9.17) is 4.74 Å². The summed E-state index contributed by atoms with van der Waals surface area (Å²) < 4.78 is 5.57. The molecule has 2 saturated heterocycles. The van der Waals surface area contributed by atoms with Crippen molar-refractivity contribution in [1.29, 1.82) is 0 Å². The third kappa shape index (κ3) is 3.04. The molecule has 7 nitrogen and oxygen atoms in total. The van der Waals surface area contributed by atoms with E-state index < -0.39 is 11.9 Å². The molecule has 2 aromatic rings. The number of aryl methyl sites for hydroxylation is 1. The first kappa shape index (κ1) is 21.5. The van der Waals surface area contributed by atoms with Gasteiger partial charge in [0.1, 0.15) is 5.75 Å². The lowest BCUT2D eigenvalue weighted by molar-refractivity contribution is -0.139. The first-order valence-electron chi connectivity index (χ1n) is 12.7. The fourth-order valence-electron chi connectivity index (χ4n) is 7.04. The van der Waals surface area contributed by atoms with Gasteiger partial charge in [-0.05, 0) is 72.9 Å². The Morgan fingerprint density at radius 3 is 2.17 bits per heavy atom. The van der Waals surface area contributed by atoms with E-state index in [2.05, 4.69) is 12.2 Å². The third-order valence-corrected chi connectivity index (χ3v) is 8.84. The molecule has 182 valence electrons. The fourth-order valence-corrected chi connectivity index (χ4v) is 7.04. The SMILES string of the molecule is Cc1ccccc1N1C[C@H](C(=O)Oc2ccc(N3C(=O)[C@@H]4[C@H]5C=C[C@@H]([C@@H]6C[C@@H]56)[C@H]4C3=O)cc2)CC1=O. The zero-order valence-corrected chi connectivity index (χ0v) is 19.9. The van der Waals surface area contributed by atoms with Crippen molar-refractivity contribution in [3.63, 3.8) is 0 Å². The number of imide groups is 1. The molecule has 0 radical (unpaired) electrons. The maximum Gasteiger partial charge on any atom is 0.316 e. The number of nitrogens with zero attached hydrogens (tertiary/aromatic N) is 2. The summed E-state index contributed by atoms with van der Waals surface area (Å²) in [4.78, 5) is 55.0. The number of ether oxygens (including phenoxy) is 1. The fraction of sp³-hybridized carbons (Fsp3) is 0.379. The second-order valence-corrected chi connectivity index (χ2v) is 10.8. The molecule has 8 rings (SSSR count). The monoisotopic (exact) mass is 482 g/mol. The molecular formula is C29H26N2O5. The van der Waals surface area contributed by atoms with Crippen molar-refractivity contribution >= 4 is 35.1 Å². The lowest BCUT2D eigenvalue weighted by Gasteiger charge is -2.37. The minimum atomic E-state index is -0.559. The van der Waals surface area contributed by atoms with Crippen LogP contribution in [0.1, 0.15) is 18.4 Å². The van der Waals surface area contributed by atoms with Crippen molar-refractivity contribution in [3.05, 3.63) is 66.2 Å². The van der Waals surface area contributed by atoms with Crippen molar-refractivity contribution < 1.29 is 23.9 Å². The van der Waals surface area contributed by atoms with Gasteiger partial charge in [0.15, 0.2) is 0 Å². The Bertz CT molecular complexity index is 1310. The van der Waals surface area contributed by atoms with Gasteiger partial charge in [-0.3, -0.25) is 24.1 Å². The van der Waals surface area contributed by atoms with E-state index in [1.807, 2.05) is 31.2 Å².